The van der Waals surface area contributed by atoms with Crippen LogP contribution in [0.2, 0.25) is 0 Å². The van der Waals surface area contributed by atoms with E-state index in [1.165, 1.54) is 11.1 Å². The first-order valence-electron chi connectivity index (χ1n) is 9.86. The zero-order valence-corrected chi connectivity index (χ0v) is 16.3. The van der Waals surface area contributed by atoms with Gasteiger partial charge < -0.3 is 10.4 Å². The minimum absolute atomic E-state index is 0.239. The molecule has 2 aromatic rings. The summed E-state index contributed by atoms with van der Waals surface area (Å²) in [4.78, 5) is 13.9. The largest absolute Gasteiger partial charge is 0.480 e. The molecule has 27 heavy (non-hydrogen) atoms. The van der Waals surface area contributed by atoms with Gasteiger partial charge in [0.05, 0.1) is 0 Å². The van der Waals surface area contributed by atoms with E-state index in [2.05, 4.69) is 60.5 Å². The summed E-state index contributed by atoms with van der Waals surface area (Å²) < 4.78 is 0. The lowest BCUT2D eigenvalue weighted by molar-refractivity contribution is -0.144. The standard InChI is InChI=1S/C23H30N2O2/c1-17(12-13-19-8-4-3-5-9-19)24-18(2)15-25-16-21-11-7-6-10-20(21)14-22(25)23(26)27/h3-11,17-18,22,24H,12-16H2,1-2H3,(H,26,27)/t17-,18+,22+/m1/s1. The van der Waals surface area contributed by atoms with Crippen LogP contribution < -0.4 is 5.32 Å². The van der Waals surface area contributed by atoms with Crippen molar-refractivity contribution >= 4 is 5.97 Å². The minimum Gasteiger partial charge on any atom is -0.480 e. The summed E-state index contributed by atoms with van der Waals surface area (Å²) in [6, 6.07) is 18.9. The lowest BCUT2D eigenvalue weighted by Crippen LogP contribution is -2.51. The predicted molar refractivity (Wildman–Crippen MR) is 109 cm³/mol. The van der Waals surface area contributed by atoms with Crippen LogP contribution in [0.15, 0.2) is 54.6 Å². The maximum absolute atomic E-state index is 11.8. The number of benzene rings is 2. The number of carbonyl (C=O) groups is 1. The second kappa shape index (κ2) is 9.16. The van der Waals surface area contributed by atoms with E-state index in [1.807, 2.05) is 18.2 Å². The molecular weight excluding hydrogens is 336 g/mol. The lowest BCUT2D eigenvalue weighted by atomic mass is 9.93. The second-order valence-electron chi connectivity index (χ2n) is 7.75. The molecule has 0 fully saturated rings. The maximum Gasteiger partial charge on any atom is 0.321 e. The zero-order chi connectivity index (χ0) is 19.2. The Bertz CT molecular complexity index is 747. The first-order valence-corrected chi connectivity index (χ1v) is 9.86. The molecule has 1 aliphatic heterocycles. The molecule has 0 aromatic heterocycles. The Morgan fingerprint density at radius 2 is 1.74 bits per heavy atom. The predicted octanol–water partition coefficient (Wildman–Crippen LogP) is 3.50. The van der Waals surface area contributed by atoms with Crippen LogP contribution >= 0.6 is 0 Å². The van der Waals surface area contributed by atoms with Gasteiger partial charge in [-0.15, -0.1) is 0 Å². The molecule has 1 heterocycles. The second-order valence-corrected chi connectivity index (χ2v) is 7.75. The maximum atomic E-state index is 11.8. The van der Waals surface area contributed by atoms with Gasteiger partial charge in [0.2, 0.25) is 0 Å². The lowest BCUT2D eigenvalue weighted by Gasteiger charge is -2.36. The van der Waals surface area contributed by atoms with Crippen LogP contribution in [0.3, 0.4) is 0 Å². The van der Waals surface area contributed by atoms with Crippen molar-refractivity contribution in [1.29, 1.82) is 0 Å². The highest BCUT2D eigenvalue weighted by Gasteiger charge is 2.32. The third-order valence-electron chi connectivity index (χ3n) is 5.42. The molecule has 2 aromatic carbocycles. The summed E-state index contributed by atoms with van der Waals surface area (Å²) in [6.07, 6.45) is 2.71. The van der Waals surface area contributed by atoms with Gasteiger partial charge in [-0.05, 0) is 49.8 Å². The fourth-order valence-corrected chi connectivity index (χ4v) is 4.01. The van der Waals surface area contributed by atoms with E-state index >= 15 is 0 Å². The van der Waals surface area contributed by atoms with E-state index in [0.717, 1.165) is 24.9 Å². The monoisotopic (exact) mass is 366 g/mol. The number of nitrogens with zero attached hydrogens (tertiary/aromatic N) is 1. The van der Waals surface area contributed by atoms with Gasteiger partial charge in [0.15, 0.2) is 0 Å². The molecular formula is C23H30N2O2. The normalized spacial score (nSPS) is 19.3. The fourth-order valence-electron chi connectivity index (χ4n) is 4.01. The highest BCUT2D eigenvalue weighted by molar-refractivity contribution is 5.74. The molecule has 0 bridgehead atoms. The van der Waals surface area contributed by atoms with E-state index in [9.17, 15) is 9.90 Å². The van der Waals surface area contributed by atoms with Crippen LogP contribution in [0.1, 0.15) is 37.0 Å². The van der Waals surface area contributed by atoms with Crippen molar-refractivity contribution in [1.82, 2.24) is 10.2 Å². The number of aryl methyl sites for hydroxylation is 1. The zero-order valence-electron chi connectivity index (χ0n) is 16.3. The molecule has 2 N–H and O–H groups in total. The molecule has 144 valence electrons. The molecule has 0 saturated heterocycles. The molecule has 3 rings (SSSR count). The Kier molecular flexibility index (Phi) is 6.64. The van der Waals surface area contributed by atoms with Crippen molar-refractivity contribution in [3.8, 4) is 0 Å². The van der Waals surface area contributed by atoms with Gasteiger partial charge >= 0.3 is 5.97 Å². The van der Waals surface area contributed by atoms with Crippen LogP contribution in [0.4, 0.5) is 0 Å². The van der Waals surface area contributed by atoms with Gasteiger partial charge in [0.25, 0.3) is 0 Å². The van der Waals surface area contributed by atoms with Gasteiger partial charge in [-0.2, -0.15) is 0 Å². The van der Waals surface area contributed by atoms with Crippen molar-refractivity contribution < 1.29 is 9.90 Å². The number of hydrogen-bond acceptors (Lipinski definition) is 3. The number of rotatable bonds is 8. The SMILES string of the molecule is C[C@H](CCc1ccccc1)N[C@@H](C)CN1Cc2ccccc2C[C@H]1C(=O)O. The number of nitrogens with one attached hydrogen (secondary N) is 1. The summed E-state index contributed by atoms with van der Waals surface area (Å²) in [6.45, 7) is 5.80. The van der Waals surface area contributed by atoms with E-state index < -0.39 is 12.0 Å². The third kappa shape index (κ3) is 5.41. The summed E-state index contributed by atoms with van der Waals surface area (Å²) in [5.74, 6) is -0.728. The summed E-state index contributed by atoms with van der Waals surface area (Å²) in [5.41, 5.74) is 3.77. The third-order valence-corrected chi connectivity index (χ3v) is 5.42. The highest BCUT2D eigenvalue weighted by atomic mass is 16.4. The molecule has 1 aliphatic rings. The van der Waals surface area contributed by atoms with Crippen LogP contribution in [-0.2, 0) is 24.2 Å². The number of fused-ring (bicyclic) bond motifs is 1. The summed E-state index contributed by atoms with van der Waals surface area (Å²) in [7, 11) is 0. The Balaban J connectivity index is 1.54. The smallest absolute Gasteiger partial charge is 0.321 e. The molecule has 0 spiro atoms. The molecule has 0 aliphatic carbocycles. The van der Waals surface area contributed by atoms with Crippen molar-refractivity contribution in [3.05, 3.63) is 71.3 Å². The summed E-state index contributed by atoms with van der Waals surface area (Å²) in [5, 5.41) is 13.3. The quantitative estimate of drug-likeness (QED) is 0.751. The molecule has 0 unspecified atom stereocenters. The average Bonchev–Trinajstić information content (AvgIpc) is 2.66. The van der Waals surface area contributed by atoms with E-state index in [4.69, 9.17) is 0 Å². The first kappa shape index (κ1) is 19.6. The van der Waals surface area contributed by atoms with Crippen molar-refractivity contribution in [2.24, 2.45) is 0 Å². The van der Waals surface area contributed by atoms with Crippen molar-refractivity contribution in [3.63, 3.8) is 0 Å². The van der Waals surface area contributed by atoms with Gasteiger partial charge in [0, 0.05) is 25.2 Å². The van der Waals surface area contributed by atoms with Crippen LogP contribution in [0.25, 0.3) is 0 Å². The fraction of sp³-hybridized carbons (Fsp3) is 0.435. The van der Waals surface area contributed by atoms with Crippen LogP contribution in [0.5, 0.6) is 0 Å². The minimum atomic E-state index is -0.728. The number of carboxylic acid groups (broad SMARTS) is 1. The Hall–Kier alpha value is -2.17. The molecule has 4 heteroatoms. The van der Waals surface area contributed by atoms with E-state index in [1.54, 1.807) is 0 Å². The number of carboxylic acids is 1. The van der Waals surface area contributed by atoms with Crippen LogP contribution in [0, 0.1) is 0 Å². The van der Waals surface area contributed by atoms with Gasteiger partial charge in [-0.1, -0.05) is 54.6 Å². The molecule has 0 amide bonds. The Morgan fingerprint density at radius 3 is 2.44 bits per heavy atom. The van der Waals surface area contributed by atoms with Gasteiger partial charge in [-0.3, -0.25) is 9.69 Å². The van der Waals surface area contributed by atoms with E-state index in [-0.39, 0.29) is 6.04 Å². The van der Waals surface area contributed by atoms with Crippen molar-refractivity contribution in [2.75, 3.05) is 6.54 Å². The number of hydrogen-bond donors (Lipinski definition) is 2. The number of aliphatic carboxylic acids is 1. The van der Waals surface area contributed by atoms with Gasteiger partial charge in [-0.25, -0.2) is 0 Å². The Morgan fingerprint density at radius 1 is 1.07 bits per heavy atom. The van der Waals surface area contributed by atoms with Crippen molar-refractivity contribution in [2.45, 2.75) is 57.8 Å². The topological polar surface area (TPSA) is 52.6 Å². The average molecular weight is 367 g/mol. The molecule has 0 saturated carbocycles. The van der Waals surface area contributed by atoms with Gasteiger partial charge in [0.1, 0.15) is 6.04 Å². The highest BCUT2D eigenvalue weighted by Crippen LogP contribution is 2.23. The Labute approximate surface area is 162 Å². The summed E-state index contributed by atoms with van der Waals surface area (Å²) >= 11 is 0. The molecule has 4 nitrogen and oxygen atoms in total. The van der Waals surface area contributed by atoms with Crippen LogP contribution in [-0.4, -0.2) is 40.6 Å². The molecule has 0 radical (unpaired) electrons. The first-order chi connectivity index (χ1) is 13.0. The molecule has 3 atom stereocenters. The van der Waals surface area contributed by atoms with E-state index in [0.29, 0.717) is 19.0 Å².